The van der Waals surface area contributed by atoms with Crippen molar-refractivity contribution in [3.63, 3.8) is 0 Å². The zero-order valence-electron chi connectivity index (χ0n) is 13.9. The molecule has 25 heavy (non-hydrogen) atoms. The number of carbonyl (C=O) groups excluding carboxylic acids is 1. The van der Waals surface area contributed by atoms with Gasteiger partial charge >= 0.3 is 5.97 Å². The Labute approximate surface area is 146 Å². The van der Waals surface area contributed by atoms with Crippen LogP contribution in [0.25, 0.3) is 0 Å². The van der Waals surface area contributed by atoms with Crippen molar-refractivity contribution in [1.29, 1.82) is 0 Å². The lowest BCUT2D eigenvalue weighted by atomic mass is 10.0. The van der Waals surface area contributed by atoms with Crippen LogP contribution >= 0.6 is 0 Å². The summed E-state index contributed by atoms with van der Waals surface area (Å²) >= 11 is 0. The van der Waals surface area contributed by atoms with Gasteiger partial charge < -0.3 is 15.2 Å². The number of para-hydroxylation sites is 1. The van der Waals surface area contributed by atoms with Gasteiger partial charge in [0, 0.05) is 12.0 Å². The van der Waals surface area contributed by atoms with Crippen LogP contribution in [-0.4, -0.2) is 29.6 Å². The molecule has 0 bridgehead atoms. The van der Waals surface area contributed by atoms with Crippen LogP contribution in [0.4, 0.5) is 0 Å². The number of hydrogen-bond donors (Lipinski definition) is 2. The molecule has 1 aliphatic rings. The normalized spacial score (nSPS) is 16.2. The molecule has 130 valence electrons. The van der Waals surface area contributed by atoms with E-state index in [1.807, 2.05) is 30.3 Å². The number of fused-ring (bicyclic) bond motifs is 1. The van der Waals surface area contributed by atoms with Gasteiger partial charge in [-0.1, -0.05) is 36.4 Å². The van der Waals surface area contributed by atoms with Gasteiger partial charge in [0.15, 0.2) is 0 Å². The van der Waals surface area contributed by atoms with Gasteiger partial charge in [-0.3, -0.25) is 9.59 Å². The molecule has 1 unspecified atom stereocenters. The summed E-state index contributed by atoms with van der Waals surface area (Å²) in [5.74, 6) is -0.174. The summed E-state index contributed by atoms with van der Waals surface area (Å²) in [7, 11) is 0. The number of carboxylic acid groups (broad SMARTS) is 1. The van der Waals surface area contributed by atoms with Crippen molar-refractivity contribution < 1.29 is 19.4 Å². The van der Waals surface area contributed by atoms with E-state index in [0.717, 1.165) is 29.7 Å². The van der Waals surface area contributed by atoms with Gasteiger partial charge in [-0.25, -0.2) is 0 Å². The summed E-state index contributed by atoms with van der Waals surface area (Å²) in [6.07, 6.45) is 2.00. The lowest BCUT2D eigenvalue weighted by molar-refractivity contribution is -0.136. The Morgan fingerprint density at radius 3 is 2.72 bits per heavy atom. The van der Waals surface area contributed by atoms with Crippen LogP contribution in [0.3, 0.4) is 0 Å². The third-order valence-corrected chi connectivity index (χ3v) is 4.38. The Balaban J connectivity index is 1.66. The number of amides is 1. The lowest BCUT2D eigenvalue weighted by Gasteiger charge is -2.17. The molecule has 3 rings (SSSR count). The van der Waals surface area contributed by atoms with E-state index < -0.39 is 5.97 Å². The first kappa shape index (κ1) is 17.0. The highest BCUT2D eigenvalue weighted by Gasteiger charge is 2.20. The highest BCUT2D eigenvalue weighted by atomic mass is 16.5. The largest absolute Gasteiger partial charge is 0.491 e. The van der Waals surface area contributed by atoms with E-state index in [-0.39, 0.29) is 18.4 Å². The first-order valence-corrected chi connectivity index (χ1v) is 8.45. The van der Waals surface area contributed by atoms with E-state index in [1.165, 1.54) is 0 Å². The second-order valence-corrected chi connectivity index (χ2v) is 6.18. The van der Waals surface area contributed by atoms with E-state index in [1.54, 1.807) is 18.2 Å². The molecule has 0 saturated carbocycles. The minimum Gasteiger partial charge on any atom is -0.491 e. The van der Waals surface area contributed by atoms with Crippen molar-refractivity contribution in [2.45, 2.75) is 31.7 Å². The summed E-state index contributed by atoms with van der Waals surface area (Å²) in [4.78, 5) is 23.4. The average molecular weight is 339 g/mol. The standard InChI is InChI=1S/C20H21NO4/c22-19(23)12-10-14-5-1-3-7-17(14)20(24)21-16-11-9-15-6-2-4-8-18(15)25-13-16/h1-8,16H,9-13H2,(H,21,24)(H,22,23). The van der Waals surface area contributed by atoms with Gasteiger partial charge in [0.05, 0.1) is 6.04 Å². The fourth-order valence-corrected chi connectivity index (χ4v) is 3.03. The number of carbonyl (C=O) groups is 2. The highest BCUT2D eigenvalue weighted by molar-refractivity contribution is 5.96. The molecular weight excluding hydrogens is 318 g/mol. The number of ether oxygens (including phenoxy) is 1. The summed E-state index contributed by atoms with van der Waals surface area (Å²) in [6, 6.07) is 15.0. The van der Waals surface area contributed by atoms with E-state index in [9.17, 15) is 9.59 Å². The second-order valence-electron chi connectivity index (χ2n) is 6.18. The van der Waals surface area contributed by atoms with Crippen molar-refractivity contribution in [2.75, 3.05) is 6.61 Å². The fourth-order valence-electron chi connectivity index (χ4n) is 3.03. The molecule has 0 fully saturated rings. The first-order chi connectivity index (χ1) is 12.1. The van der Waals surface area contributed by atoms with E-state index >= 15 is 0 Å². The van der Waals surface area contributed by atoms with Crippen LogP contribution < -0.4 is 10.1 Å². The van der Waals surface area contributed by atoms with Crippen molar-refractivity contribution in [3.05, 3.63) is 65.2 Å². The molecule has 1 aliphatic heterocycles. The minimum absolute atomic E-state index is 0.00609. The zero-order valence-corrected chi connectivity index (χ0v) is 13.9. The molecule has 5 nitrogen and oxygen atoms in total. The Morgan fingerprint density at radius 1 is 1.12 bits per heavy atom. The van der Waals surface area contributed by atoms with Crippen LogP contribution in [0.5, 0.6) is 5.75 Å². The third-order valence-electron chi connectivity index (χ3n) is 4.38. The molecule has 0 spiro atoms. The van der Waals surface area contributed by atoms with Crippen LogP contribution in [-0.2, 0) is 17.6 Å². The Bertz CT molecular complexity index is 745. The number of hydrogen-bond acceptors (Lipinski definition) is 3. The lowest BCUT2D eigenvalue weighted by Crippen LogP contribution is -2.39. The smallest absolute Gasteiger partial charge is 0.303 e. The monoisotopic (exact) mass is 339 g/mol. The van der Waals surface area contributed by atoms with E-state index in [2.05, 4.69) is 5.32 Å². The number of benzene rings is 2. The summed E-state index contributed by atoms with van der Waals surface area (Å²) < 4.78 is 5.81. The molecular formula is C20H21NO4. The van der Waals surface area contributed by atoms with Gasteiger partial charge in [0.1, 0.15) is 12.4 Å². The minimum atomic E-state index is -0.870. The van der Waals surface area contributed by atoms with Crippen LogP contribution in [0.15, 0.2) is 48.5 Å². The Hall–Kier alpha value is -2.82. The van der Waals surface area contributed by atoms with Crippen molar-refractivity contribution >= 4 is 11.9 Å². The molecule has 2 aromatic rings. The highest BCUT2D eigenvalue weighted by Crippen LogP contribution is 2.23. The van der Waals surface area contributed by atoms with Gasteiger partial charge in [-0.05, 0) is 42.5 Å². The number of rotatable bonds is 5. The number of carboxylic acids is 1. The molecule has 5 heteroatoms. The molecule has 0 saturated heterocycles. The number of aliphatic carboxylic acids is 1. The van der Waals surface area contributed by atoms with Gasteiger partial charge in [0.25, 0.3) is 5.91 Å². The maximum absolute atomic E-state index is 12.6. The molecule has 0 radical (unpaired) electrons. The third kappa shape index (κ3) is 4.38. The topological polar surface area (TPSA) is 75.6 Å². The quantitative estimate of drug-likeness (QED) is 0.878. The molecule has 0 aliphatic carbocycles. The fraction of sp³-hybridized carbons (Fsp3) is 0.300. The summed E-state index contributed by atoms with van der Waals surface area (Å²) in [5, 5.41) is 11.9. The molecule has 1 amide bonds. The van der Waals surface area contributed by atoms with Gasteiger partial charge in [-0.2, -0.15) is 0 Å². The van der Waals surface area contributed by atoms with Crippen LogP contribution in [0.2, 0.25) is 0 Å². The molecule has 2 N–H and O–H groups in total. The number of nitrogens with one attached hydrogen (secondary N) is 1. The SMILES string of the molecule is O=C(O)CCc1ccccc1C(=O)NC1CCc2ccccc2OC1. The first-order valence-electron chi connectivity index (χ1n) is 8.45. The Morgan fingerprint density at radius 2 is 1.88 bits per heavy atom. The predicted octanol–water partition coefficient (Wildman–Crippen LogP) is 2.83. The van der Waals surface area contributed by atoms with Gasteiger partial charge in [0.2, 0.25) is 0 Å². The van der Waals surface area contributed by atoms with Gasteiger partial charge in [-0.15, -0.1) is 0 Å². The molecule has 0 aromatic heterocycles. The predicted molar refractivity (Wildman–Crippen MR) is 93.9 cm³/mol. The van der Waals surface area contributed by atoms with E-state index in [0.29, 0.717) is 18.6 Å². The number of aryl methyl sites for hydroxylation is 2. The molecule has 1 heterocycles. The maximum atomic E-state index is 12.6. The summed E-state index contributed by atoms with van der Waals surface area (Å²) in [6.45, 7) is 0.431. The van der Waals surface area contributed by atoms with Crippen molar-refractivity contribution in [3.8, 4) is 5.75 Å². The van der Waals surface area contributed by atoms with Crippen LogP contribution in [0, 0.1) is 0 Å². The molecule has 2 aromatic carbocycles. The van der Waals surface area contributed by atoms with Crippen molar-refractivity contribution in [1.82, 2.24) is 5.32 Å². The average Bonchev–Trinajstić information content (AvgIpc) is 2.83. The second kappa shape index (κ2) is 7.83. The Kier molecular flexibility index (Phi) is 5.33. The van der Waals surface area contributed by atoms with E-state index in [4.69, 9.17) is 9.84 Å². The zero-order chi connectivity index (χ0) is 17.6. The van der Waals surface area contributed by atoms with Crippen LogP contribution in [0.1, 0.15) is 34.3 Å². The summed E-state index contributed by atoms with van der Waals surface area (Å²) in [5.41, 5.74) is 2.44. The maximum Gasteiger partial charge on any atom is 0.303 e. The van der Waals surface area contributed by atoms with Crippen molar-refractivity contribution in [2.24, 2.45) is 0 Å². The molecule has 1 atom stereocenters.